The predicted octanol–water partition coefficient (Wildman–Crippen LogP) is 1.40. The third-order valence-electron chi connectivity index (χ3n) is 4.78. The van der Waals surface area contributed by atoms with E-state index in [0.717, 1.165) is 32.1 Å². The number of hydrogen-bond donors (Lipinski definition) is 0. The van der Waals surface area contributed by atoms with Gasteiger partial charge in [-0.15, -0.1) is 5.10 Å². The molecule has 1 saturated carbocycles. The predicted molar refractivity (Wildman–Crippen MR) is 96.0 cm³/mol. The van der Waals surface area contributed by atoms with Gasteiger partial charge in [0.2, 0.25) is 0 Å². The molecule has 0 saturated heterocycles. The Bertz CT molecular complexity index is 638. The molecule has 156 valence electrons. The maximum absolute atomic E-state index is 12.8. The number of carbonyl (C=O) groups excluding carboxylic acids is 3. The Morgan fingerprint density at radius 3 is 1.89 bits per heavy atom. The van der Waals surface area contributed by atoms with Crippen molar-refractivity contribution >= 4 is 17.9 Å². The van der Waals surface area contributed by atoms with Crippen molar-refractivity contribution in [1.82, 2.24) is 20.2 Å². The summed E-state index contributed by atoms with van der Waals surface area (Å²) in [5.74, 6) is -2.82. The summed E-state index contributed by atoms with van der Waals surface area (Å²) < 4.78 is 16.8. The molecule has 1 aliphatic carbocycles. The summed E-state index contributed by atoms with van der Waals surface area (Å²) in [6.45, 7) is 4.74. The number of carbonyl (C=O) groups is 3. The van der Waals surface area contributed by atoms with Crippen LogP contribution in [-0.4, -0.2) is 57.9 Å². The Hall–Kier alpha value is -2.52. The van der Waals surface area contributed by atoms with Gasteiger partial charge in [0.05, 0.1) is 25.9 Å². The Kier molecular flexibility index (Phi) is 7.89. The fraction of sp³-hybridized carbons (Fsp3) is 0.778. The van der Waals surface area contributed by atoms with Crippen molar-refractivity contribution in [1.29, 1.82) is 0 Å². The van der Waals surface area contributed by atoms with Crippen molar-refractivity contribution in [3.05, 3.63) is 5.82 Å². The summed E-state index contributed by atoms with van der Waals surface area (Å²) in [4.78, 5) is 38.4. The lowest BCUT2D eigenvalue weighted by Gasteiger charge is -2.28. The summed E-state index contributed by atoms with van der Waals surface area (Å²) in [5, 5.41) is 11.7. The number of esters is 3. The van der Waals surface area contributed by atoms with Crippen molar-refractivity contribution in [3.8, 4) is 0 Å². The van der Waals surface area contributed by atoms with Crippen LogP contribution in [0.1, 0.15) is 64.7 Å². The molecule has 0 aromatic carbocycles. The van der Waals surface area contributed by atoms with Gasteiger partial charge in [0.25, 0.3) is 5.41 Å². The maximum atomic E-state index is 12.8. The van der Waals surface area contributed by atoms with Gasteiger partial charge in [-0.1, -0.05) is 19.3 Å². The van der Waals surface area contributed by atoms with Crippen LogP contribution in [0.3, 0.4) is 0 Å². The van der Waals surface area contributed by atoms with Crippen molar-refractivity contribution in [2.75, 3.05) is 19.8 Å². The van der Waals surface area contributed by atoms with Crippen LogP contribution in [0, 0.1) is 5.41 Å². The van der Waals surface area contributed by atoms with E-state index in [1.54, 1.807) is 25.5 Å². The van der Waals surface area contributed by atoms with Crippen LogP contribution >= 0.6 is 0 Å². The molecule has 0 radical (unpaired) electrons. The molecule has 0 aliphatic heterocycles. The first-order chi connectivity index (χ1) is 13.5. The van der Waals surface area contributed by atoms with Gasteiger partial charge in [-0.2, -0.15) is 0 Å². The van der Waals surface area contributed by atoms with Crippen molar-refractivity contribution in [3.63, 3.8) is 0 Å². The second kappa shape index (κ2) is 10.1. The monoisotopic (exact) mass is 396 g/mol. The molecule has 1 fully saturated rings. The molecule has 10 nitrogen and oxygen atoms in total. The molecule has 0 N–H and O–H groups in total. The lowest BCUT2D eigenvalue weighted by Crippen LogP contribution is -2.51. The average Bonchev–Trinajstić information content (AvgIpc) is 3.15. The van der Waals surface area contributed by atoms with Crippen molar-refractivity contribution in [2.45, 2.75) is 65.3 Å². The summed E-state index contributed by atoms with van der Waals surface area (Å²) in [5.41, 5.74) is -2.30. The largest absolute Gasteiger partial charge is 0.465 e. The molecule has 1 aromatic heterocycles. The summed E-state index contributed by atoms with van der Waals surface area (Å²) in [6.07, 6.45) is 4.64. The fourth-order valence-electron chi connectivity index (χ4n) is 3.40. The van der Waals surface area contributed by atoms with Gasteiger partial charge >= 0.3 is 17.9 Å². The number of tetrazole rings is 1. The highest BCUT2D eigenvalue weighted by molar-refractivity contribution is 6.18. The van der Waals surface area contributed by atoms with Crippen molar-refractivity contribution < 1.29 is 28.6 Å². The number of aromatic nitrogens is 4. The average molecular weight is 396 g/mol. The number of hydrogen-bond acceptors (Lipinski definition) is 9. The third-order valence-corrected chi connectivity index (χ3v) is 4.78. The molecule has 0 bridgehead atoms. The van der Waals surface area contributed by atoms with E-state index < -0.39 is 23.3 Å². The maximum Gasteiger partial charge on any atom is 0.335 e. The molecular weight excluding hydrogens is 368 g/mol. The van der Waals surface area contributed by atoms with E-state index in [4.69, 9.17) is 14.2 Å². The Morgan fingerprint density at radius 2 is 1.43 bits per heavy atom. The van der Waals surface area contributed by atoms with Gasteiger partial charge in [0.1, 0.15) is 0 Å². The smallest absolute Gasteiger partial charge is 0.335 e. The lowest BCUT2D eigenvalue weighted by molar-refractivity contribution is -0.183. The highest BCUT2D eigenvalue weighted by Gasteiger charge is 2.58. The minimum atomic E-state index is -2.30. The number of rotatable bonds is 9. The third kappa shape index (κ3) is 4.48. The van der Waals surface area contributed by atoms with Crippen LogP contribution in [-0.2, 0) is 35.0 Å². The summed E-state index contributed by atoms with van der Waals surface area (Å²) in [7, 11) is 0. The van der Waals surface area contributed by atoms with Gasteiger partial charge in [0, 0.05) is 6.42 Å². The quantitative estimate of drug-likeness (QED) is 0.346. The first-order valence-corrected chi connectivity index (χ1v) is 9.79. The topological polar surface area (TPSA) is 123 Å². The van der Waals surface area contributed by atoms with E-state index in [-0.39, 0.29) is 38.1 Å². The van der Waals surface area contributed by atoms with Gasteiger partial charge in [-0.05, 0) is 44.0 Å². The Labute approximate surface area is 163 Å². The highest BCUT2D eigenvalue weighted by atomic mass is 16.6. The van der Waals surface area contributed by atoms with Crippen LogP contribution in [0.5, 0.6) is 0 Å². The van der Waals surface area contributed by atoms with Crippen LogP contribution in [0.15, 0.2) is 0 Å². The molecule has 0 unspecified atom stereocenters. The van der Waals surface area contributed by atoms with E-state index in [1.807, 2.05) is 0 Å². The number of nitrogens with zero attached hydrogens (tertiary/aromatic N) is 4. The van der Waals surface area contributed by atoms with E-state index >= 15 is 0 Å². The normalized spacial score (nSPS) is 15.1. The molecule has 10 heteroatoms. The first kappa shape index (κ1) is 21.8. The van der Waals surface area contributed by atoms with Crippen LogP contribution in [0.2, 0.25) is 0 Å². The zero-order chi connectivity index (χ0) is 20.6. The lowest BCUT2D eigenvalue weighted by atomic mass is 9.83. The minimum Gasteiger partial charge on any atom is -0.465 e. The van der Waals surface area contributed by atoms with Crippen LogP contribution < -0.4 is 0 Å². The zero-order valence-corrected chi connectivity index (χ0v) is 16.7. The summed E-state index contributed by atoms with van der Waals surface area (Å²) in [6, 6.07) is 0.0584. The Morgan fingerprint density at radius 1 is 0.929 bits per heavy atom. The van der Waals surface area contributed by atoms with E-state index in [0.29, 0.717) is 0 Å². The van der Waals surface area contributed by atoms with E-state index in [9.17, 15) is 14.4 Å². The molecule has 0 atom stereocenters. The molecule has 0 spiro atoms. The van der Waals surface area contributed by atoms with Crippen LogP contribution in [0.4, 0.5) is 0 Å². The molecule has 1 aliphatic rings. The van der Waals surface area contributed by atoms with E-state index in [2.05, 4.69) is 15.5 Å². The molecule has 1 aromatic rings. The van der Waals surface area contributed by atoms with Gasteiger partial charge < -0.3 is 14.2 Å². The Balaban J connectivity index is 2.46. The molecule has 0 amide bonds. The summed E-state index contributed by atoms with van der Waals surface area (Å²) >= 11 is 0. The second-order valence-electron chi connectivity index (χ2n) is 6.58. The van der Waals surface area contributed by atoms with Crippen molar-refractivity contribution in [2.24, 2.45) is 5.41 Å². The van der Waals surface area contributed by atoms with E-state index in [1.165, 1.54) is 0 Å². The number of ether oxygens (including phenoxy) is 3. The zero-order valence-electron chi connectivity index (χ0n) is 16.7. The van der Waals surface area contributed by atoms with Gasteiger partial charge in [-0.25, -0.2) is 4.68 Å². The molecule has 2 rings (SSSR count). The molecule has 1 heterocycles. The molecule has 28 heavy (non-hydrogen) atoms. The minimum absolute atomic E-state index is 0.00699. The standard InChI is InChI=1S/C18H28N4O6/c1-4-26-15(23)18(16(24)27-5-2,17(25)28-6-3)12-14-19-20-21-22(14)13-10-8-7-9-11-13/h13H,4-12H2,1-3H3. The van der Waals surface area contributed by atoms with Crippen LogP contribution in [0.25, 0.3) is 0 Å². The second-order valence-corrected chi connectivity index (χ2v) is 6.58. The fourth-order valence-corrected chi connectivity index (χ4v) is 3.40. The van der Waals surface area contributed by atoms with Gasteiger partial charge in [0.15, 0.2) is 5.82 Å². The first-order valence-electron chi connectivity index (χ1n) is 9.79. The highest BCUT2D eigenvalue weighted by Crippen LogP contribution is 2.32. The molecular formula is C18H28N4O6. The SMILES string of the molecule is CCOC(=O)C(Cc1nnnn1C1CCCCC1)(C(=O)OCC)C(=O)OCC. The van der Waals surface area contributed by atoms with Gasteiger partial charge in [-0.3, -0.25) is 14.4 Å².